The lowest BCUT2D eigenvalue weighted by atomic mass is 9.89. The molecule has 2 atom stereocenters. The Hall–Kier alpha value is -4.33. The molecule has 3 aromatic rings. The van der Waals surface area contributed by atoms with Gasteiger partial charge in [-0.05, 0) is 73.7 Å². The highest BCUT2D eigenvalue weighted by Crippen LogP contribution is 2.43. The maximum absolute atomic E-state index is 13.8. The van der Waals surface area contributed by atoms with Gasteiger partial charge in [-0.3, -0.25) is 4.90 Å². The molecule has 10 nitrogen and oxygen atoms in total. The maximum atomic E-state index is 13.8. The van der Waals surface area contributed by atoms with E-state index in [2.05, 4.69) is 15.3 Å². The first-order valence-electron chi connectivity index (χ1n) is 15.3. The Morgan fingerprint density at radius 1 is 0.961 bits per heavy atom. The van der Waals surface area contributed by atoms with E-state index in [0.29, 0.717) is 18.6 Å². The molecule has 0 saturated carbocycles. The van der Waals surface area contributed by atoms with Gasteiger partial charge in [0.05, 0.1) is 59.3 Å². The quantitative estimate of drug-likeness (QED) is 0.152. The zero-order valence-electron chi connectivity index (χ0n) is 26.9. The normalized spacial score (nSPS) is 16.8. The number of hydrogen-bond acceptors (Lipinski definition) is 8. The fourth-order valence-electron chi connectivity index (χ4n) is 5.49. The molecule has 0 fully saturated rings. The van der Waals surface area contributed by atoms with Gasteiger partial charge in [0.15, 0.2) is 5.75 Å². The van der Waals surface area contributed by atoms with E-state index in [1.807, 2.05) is 0 Å². The molecule has 2 aromatic carbocycles. The summed E-state index contributed by atoms with van der Waals surface area (Å²) in [4.78, 5) is 22.5. The molecule has 1 amide bonds. The van der Waals surface area contributed by atoms with E-state index in [1.165, 1.54) is 4.90 Å². The summed E-state index contributed by atoms with van der Waals surface area (Å²) in [6.07, 6.45) is -15.2. The Kier molecular flexibility index (Phi) is 11.7. The number of nitrogens with one attached hydrogen (secondary N) is 1. The van der Waals surface area contributed by atoms with Crippen molar-refractivity contribution in [1.29, 1.82) is 0 Å². The first-order chi connectivity index (χ1) is 23.6. The maximum Gasteiger partial charge on any atom is 0.416 e. The lowest BCUT2D eigenvalue weighted by Gasteiger charge is -2.40. The highest BCUT2D eigenvalue weighted by Gasteiger charge is 2.40. The van der Waals surface area contributed by atoms with Crippen molar-refractivity contribution in [1.82, 2.24) is 9.97 Å². The Bertz CT molecular complexity index is 1800. The molecule has 0 spiro atoms. The van der Waals surface area contributed by atoms with Gasteiger partial charge >= 0.3 is 24.6 Å². The number of ether oxygens (including phenoxy) is 2. The molecule has 280 valence electrons. The molecule has 0 saturated heterocycles. The largest absolute Gasteiger partial charge is 0.490 e. The van der Waals surface area contributed by atoms with Gasteiger partial charge in [0.2, 0.25) is 16.0 Å². The second-order valence-electron chi connectivity index (χ2n) is 11.5. The van der Waals surface area contributed by atoms with Gasteiger partial charge in [-0.25, -0.2) is 28.3 Å². The minimum Gasteiger partial charge on any atom is -0.490 e. The summed E-state index contributed by atoms with van der Waals surface area (Å²) < 4.78 is 156. The molecular formula is C31H32F9N5O5S. The summed E-state index contributed by atoms with van der Waals surface area (Å²) in [6, 6.07) is 2.18. The summed E-state index contributed by atoms with van der Waals surface area (Å²) in [5.74, 6) is -1.00. The minimum absolute atomic E-state index is 0.00712. The van der Waals surface area contributed by atoms with Crippen molar-refractivity contribution in [3.8, 4) is 5.75 Å². The molecule has 51 heavy (non-hydrogen) atoms. The third kappa shape index (κ3) is 10.1. The topological polar surface area (TPSA) is 137 Å². The van der Waals surface area contributed by atoms with Crippen molar-refractivity contribution >= 4 is 27.8 Å². The monoisotopic (exact) mass is 757 g/mol. The van der Waals surface area contributed by atoms with Gasteiger partial charge in [0.25, 0.3) is 0 Å². The second-order valence-corrected chi connectivity index (χ2v) is 13.2. The van der Waals surface area contributed by atoms with Crippen molar-refractivity contribution in [2.75, 3.05) is 29.2 Å². The molecular weight excluding hydrogens is 725 g/mol. The lowest BCUT2D eigenvalue weighted by molar-refractivity contribution is -0.143. The van der Waals surface area contributed by atoms with E-state index in [0.717, 1.165) is 24.4 Å². The molecule has 20 heteroatoms. The van der Waals surface area contributed by atoms with E-state index in [9.17, 15) is 52.7 Å². The minimum atomic E-state index is -5.14. The van der Waals surface area contributed by atoms with E-state index in [-0.39, 0.29) is 60.8 Å². The molecule has 1 aliphatic rings. The van der Waals surface area contributed by atoms with Crippen molar-refractivity contribution in [3.63, 3.8) is 0 Å². The summed E-state index contributed by atoms with van der Waals surface area (Å²) in [6.45, 7) is 2.98. The smallest absolute Gasteiger partial charge is 0.416 e. The zero-order valence-corrected chi connectivity index (χ0v) is 27.7. The number of rotatable bonds is 11. The Morgan fingerprint density at radius 2 is 1.59 bits per heavy atom. The third-order valence-electron chi connectivity index (χ3n) is 7.78. The van der Waals surface area contributed by atoms with E-state index < -0.39 is 81.2 Å². The van der Waals surface area contributed by atoms with Crippen molar-refractivity contribution in [2.45, 2.75) is 70.1 Å². The number of fused-ring (bicyclic) bond motifs is 1. The van der Waals surface area contributed by atoms with Crippen LogP contribution in [0.1, 0.15) is 72.7 Å². The first kappa shape index (κ1) is 39.5. The standard InChI is InChI=1S/C31H32F9N5O5S/c1-3-21-15-23(22-14-18(29(32,33)34)6-7-25(22)45(21)28(46)49-4-2)43-27-42-16-26(50-8-5-9-51(41,47)48)24(44-27)12-17-10-19(30(35,36)37)13-20(11-17)31(38,39)40/h6-7,10-11,13-14,16,21,23H,3-5,8-9,12,15H2,1-2H3,(H2,41,47,48)(H,42,43,44)/t21-,23+/m1/s1. The highest BCUT2D eigenvalue weighted by atomic mass is 32.2. The van der Waals surface area contributed by atoms with Gasteiger partial charge in [-0.1, -0.05) is 6.92 Å². The fourth-order valence-corrected chi connectivity index (χ4v) is 6.01. The molecule has 0 aliphatic carbocycles. The van der Waals surface area contributed by atoms with Crippen LogP contribution in [-0.4, -0.2) is 49.5 Å². The van der Waals surface area contributed by atoms with Crippen molar-refractivity contribution < 1.29 is 62.2 Å². The summed E-state index contributed by atoms with van der Waals surface area (Å²) in [7, 11) is -3.89. The van der Waals surface area contributed by atoms with Crippen LogP contribution in [0.3, 0.4) is 0 Å². The molecule has 0 unspecified atom stereocenters. The predicted octanol–water partition coefficient (Wildman–Crippen LogP) is 7.48. The Balaban J connectivity index is 1.78. The van der Waals surface area contributed by atoms with Crippen LogP contribution in [0.4, 0.5) is 55.9 Å². The average Bonchev–Trinajstić information content (AvgIpc) is 3.01. The molecule has 4 rings (SSSR count). The molecule has 1 aromatic heterocycles. The number of hydrogen-bond donors (Lipinski definition) is 2. The zero-order chi connectivity index (χ0) is 37.9. The number of carbonyl (C=O) groups is 1. The summed E-state index contributed by atoms with van der Waals surface area (Å²) >= 11 is 0. The fraction of sp³-hybridized carbons (Fsp3) is 0.452. The van der Waals surface area contributed by atoms with Crippen molar-refractivity contribution in [3.05, 3.63) is 76.1 Å². The SMILES string of the molecule is CCOC(=O)N1c2ccc(C(F)(F)F)cc2[C@@H](Nc2ncc(OCCCS(N)(=O)=O)c(Cc3cc(C(F)(F)F)cc(C(F)(F)F)c3)n2)C[C@H]1CC. The number of anilines is 2. The molecule has 0 radical (unpaired) electrons. The number of nitrogens with zero attached hydrogens (tertiary/aromatic N) is 3. The Labute approximate surface area is 286 Å². The molecule has 1 aliphatic heterocycles. The van der Waals surface area contributed by atoms with Crippen LogP contribution in [-0.2, 0) is 39.7 Å². The van der Waals surface area contributed by atoms with Crippen LogP contribution >= 0.6 is 0 Å². The lowest BCUT2D eigenvalue weighted by Crippen LogP contribution is -2.46. The van der Waals surface area contributed by atoms with Crippen LogP contribution < -0.4 is 20.1 Å². The van der Waals surface area contributed by atoms with Gasteiger partial charge < -0.3 is 14.8 Å². The number of nitrogens with two attached hydrogens (primary N) is 1. The second kappa shape index (κ2) is 15.1. The number of aromatic nitrogens is 2. The molecule has 2 heterocycles. The number of carbonyl (C=O) groups excluding carboxylic acids is 1. The van der Waals surface area contributed by atoms with Crippen LogP contribution in [0.25, 0.3) is 0 Å². The van der Waals surface area contributed by atoms with Gasteiger partial charge in [0, 0.05) is 12.5 Å². The van der Waals surface area contributed by atoms with Crippen molar-refractivity contribution in [2.24, 2.45) is 5.14 Å². The summed E-state index contributed by atoms with van der Waals surface area (Å²) in [5.41, 5.74) is -4.75. The van der Waals surface area contributed by atoms with Crippen LogP contribution in [0.5, 0.6) is 5.75 Å². The molecule has 3 N–H and O–H groups in total. The van der Waals surface area contributed by atoms with Crippen LogP contribution in [0.15, 0.2) is 42.6 Å². The van der Waals surface area contributed by atoms with Gasteiger partial charge in [-0.2, -0.15) is 39.5 Å². The van der Waals surface area contributed by atoms with E-state index in [1.54, 1.807) is 13.8 Å². The summed E-state index contributed by atoms with van der Waals surface area (Å²) in [5, 5.41) is 7.89. The Morgan fingerprint density at radius 3 is 2.14 bits per heavy atom. The number of alkyl halides is 9. The predicted molar refractivity (Wildman–Crippen MR) is 165 cm³/mol. The third-order valence-corrected chi connectivity index (χ3v) is 8.64. The van der Waals surface area contributed by atoms with Crippen LogP contribution in [0, 0.1) is 0 Å². The van der Waals surface area contributed by atoms with E-state index >= 15 is 0 Å². The number of primary sulfonamides is 1. The first-order valence-corrected chi connectivity index (χ1v) is 17.0. The van der Waals surface area contributed by atoms with Gasteiger partial charge in [0.1, 0.15) is 0 Å². The highest BCUT2D eigenvalue weighted by molar-refractivity contribution is 7.89. The molecule has 0 bridgehead atoms. The van der Waals surface area contributed by atoms with E-state index in [4.69, 9.17) is 14.6 Å². The number of halogens is 9. The van der Waals surface area contributed by atoms with Gasteiger partial charge in [-0.15, -0.1) is 0 Å². The van der Waals surface area contributed by atoms with Crippen LogP contribution in [0.2, 0.25) is 0 Å². The average molecular weight is 758 g/mol. The number of benzene rings is 2. The number of sulfonamides is 1. The number of amides is 1.